The number of halogens is 1. The first kappa shape index (κ1) is 11.7. The number of hydrogen-bond donors (Lipinski definition) is 1. The van der Waals surface area contributed by atoms with Gasteiger partial charge in [-0.25, -0.2) is 4.39 Å². The van der Waals surface area contributed by atoms with Gasteiger partial charge in [0.2, 0.25) is 0 Å². The molecule has 1 aromatic carbocycles. The van der Waals surface area contributed by atoms with Gasteiger partial charge in [0, 0.05) is 6.04 Å². The third-order valence-corrected chi connectivity index (χ3v) is 2.13. The Hall–Kier alpha value is -1.42. The molecule has 0 aliphatic carbocycles. The van der Waals surface area contributed by atoms with Crippen molar-refractivity contribution in [3.8, 4) is 0 Å². The minimum atomic E-state index is -0.335. The van der Waals surface area contributed by atoms with Crippen molar-refractivity contribution in [2.24, 2.45) is 0 Å². The van der Waals surface area contributed by atoms with E-state index in [1.54, 1.807) is 12.1 Å². The molecule has 0 aromatic heterocycles. The van der Waals surface area contributed by atoms with E-state index in [0.717, 1.165) is 5.56 Å². The van der Waals surface area contributed by atoms with Crippen molar-refractivity contribution in [2.45, 2.75) is 13.0 Å². The molecule has 1 rings (SSSR count). The third-order valence-electron chi connectivity index (χ3n) is 2.13. The predicted octanol–water partition coefficient (Wildman–Crippen LogP) is 1.65. The van der Waals surface area contributed by atoms with E-state index in [0.29, 0.717) is 0 Å². The van der Waals surface area contributed by atoms with Crippen LogP contribution in [0.15, 0.2) is 24.3 Å². The topological polar surface area (TPSA) is 38.3 Å². The lowest BCUT2D eigenvalue weighted by Gasteiger charge is -2.13. The van der Waals surface area contributed by atoms with Crippen LogP contribution in [0.1, 0.15) is 18.5 Å². The van der Waals surface area contributed by atoms with Crippen molar-refractivity contribution in [3.05, 3.63) is 35.6 Å². The Balaban J connectivity index is 2.53. The molecule has 0 spiro atoms. The SMILES string of the molecule is COC(=O)CN[C@@H](C)c1cccc(F)c1. The number of carbonyl (C=O) groups is 1. The van der Waals surface area contributed by atoms with Crippen LogP contribution in [0.3, 0.4) is 0 Å². The molecule has 15 heavy (non-hydrogen) atoms. The highest BCUT2D eigenvalue weighted by Gasteiger charge is 2.07. The Bertz CT molecular complexity index is 341. The average molecular weight is 211 g/mol. The van der Waals surface area contributed by atoms with Crippen LogP contribution in [-0.4, -0.2) is 19.6 Å². The van der Waals surface area contributed by atoms with Crippen molar-refractivity contribution in [2.75, 3.05) is 13.7 Å². The summed E-state index contributed by atoms with van der Waals surface area (Å²) < 4.78 is 17.4. The van der Waals surface area contributed by atoms with E-state index in [-0.39, 0.29) is 24.4 Å². The molecule has 0 saturated heterocycles. The predicted molar refractivity (Wildman–Crippen MR) is 54.8 cm³/mol. The summed E-state index contributed by atoms with van der Waals surface area (Å²) in [4.78, 5) is 10.9. The number of benzene rings is 1. The molecule has 1 N–H and O–H groups in total. The third kappa shape index (κ3) is 3.67. The van der Waals surface area contributed by atoms with E-state index >= 15 is 0 Å². The van der Waals surface area contributed by atoms with Gasteiger partial charge in [0.05, 0.1) is 13.7 Å². The van der Waals surface area contributed by atoms with Gasteiger partial charge in [-0.05, 0) is 24.6 Å². The molecule has 0 saturated carbocycles. The smallest absolute Gasteiger partial charge is 0.319 e. The molecule has 0 heterocycles. The fourth-order valence-electron chi connectivity index (χ4n) is 1.20. The van der Waals surface area contributed by atoms with Crippen LogP contribution in [0.4, 0.5) is 4.39 Å². The molecule has 0 unspecified atom stereocenters. The standard InChI is InChI=1S/C11H14FNO2/c1-8(13-7-11(14)15-2)9-4-3-5-10(12)6-9/h3-6,8,13H,7H2,1-2H3/t8-/m0/s1. The summed E-state index contributed by atoms with van der Waals surface area (Å²) in [5, 5.41) is 2.94. The maximum atomic E-state index is 12.9. The molecule has 0 fully saturated rings. The van der Waals surface area contributed by atoms with Gasteiger partial charge in [-0.2, -0.15) is 0 Å². The Labute approximate surface area is 88.2 Å². The lowest BCUT2D eigenvalue weighted by atomic mass is 10.1. The Morgan fingerprint density at radius 3 is 2.93 bits per heavy atom. The van der Waals surface area contributed by atoms with Crippen LogP contribution in [0.5, 0.6) is 0 Å². The molecule has 0 radical (unpaired) electrons. The highest BCUT2D eigenvalue weighted by atomic mass is 19.1. The summed E-state index contributed by atoms with van der Waals surface area (Å²) >= 11 is 0. The van der Waals surface area contributed by atoms with Crippen LogP contribution in [-0.2, 0) is 9.53 Å². The molecule has 1 atom stereocenters. The van der Waals surface area contributed by atoms with E-state index in [2.05, 4.69) is 10.1 Å². The minimum Gasteiger partial charge on any atom is -0.468 e. The lowest BCUT2D eigenvalue weighted by molar-refractivity contribution is -0.139. The molecule has 3 nitrogen and oxygen atoms in total. The minimum absolute atomic E-state index is 0.0835. The second kappa shape index (κ2) is 5.46. The van der Waals surface area contributed by atoms with Crippen LogP contribution >= 0.6 is 0 Å². The first-order valence-corrected chi connectivity index (χ1v) is 4.69. The first-order chi connectivity index (χ1) is 7.13. The summed E-state index contributed by atoms with van der Waals surface area (Å²) in [6.45, 7) is 1.98. The monoisotopic (exact) mass is 211 g/mol. The van der Waals surface area contributed by atoms with Gasteiger partial charge >= 0.3 is 5.97 Å². The van der Waals surface area contributed by atoms with Gasteiger partial charge < -0.3 is 10.1 Å². The van der Waals surface area contributed by atoms with Gasteiger partial charge in [0.15, 0.2) is 0 Å². The van der Waals surface area contributed by atoms with E-state index < -0.39 is 0 Å². The van der Waals surface area contributed by atoms with Gasteiger partial charge in [-0.3, -0.25) is 4.79 Å². The second-order valence-electron chi connectivity index (χ2n) is 3.23. The van der Waals surface area contributed by atoms with Gasteiger partial charge in [0.1, 0.15) is 5.82 Å². The summed E-state index contributed by atoms with van der Waals surface area (Å²) in [5.41, 5.74) is 0.805. The number of methoxy groups -OCH3 is 1. The fourth-order valence-corrected chi connectivity index (χ4v) is 1.20. The Morgan fingerprint density at radius 2 is 2.33 bits per heavy atom. The highest BCUT2D eigenvalue weighted by Crippen LogP contribution is 2.12. The van der Waals surface area contributed by atoms with E-state index in [1.165, 1.54) is 19.2 Å². The summed E-state index contributed by atoms with van der Waals surface area (Å²) in [5.74, 6) is -0.613. The molecule has 82 valence electrons. The molecular weight excluding hydrogens is 197 g/mol. The fraction of sp³-hybridized carbons (Fsp3) is 0.364. The summed E-state index contributed by atoms with van der Waals surface area (Å²) in [7, 11) is 1.33. The first-order valence-electron chi connectivity index (χ1n) is 4.69. The number of ether oxygens (including phenoxy) is 1. The quantitative estimate of drug-likeness (QED) is 0.769. The number of hydrogen-bond acceptors (Lipinski definition) is 3. The number of esters is 1. The lowest BCUT2D eigenvalue weighted by Crippen LogP contribution is -2.26. The molecule has 0 aliphatic rings. The second-order valence-corrected chi connectivity index (χ2v) is 3.23. The van der Waals surface area contributed by atoms with Crippen molar-refractivity contribution in [1.29, 1.82) is 0 Å². The van der Waals surface area contributed by atoms with Crippen molar-refractivity contribution >= 4 is 5.97 Å². The largest absolute Gasteiger partial charge is 0.468 e. The maximum absolute atomic E-state index is 12.9. The van der Waals surface area contributed by atoms with Gasteiger partial charge in [0.25, 0.3) is 0 Å². The Kier molecular flexibility index (Phi) is 4.24. The molecule has 1 aromatic rings. The average Bonchev–Trinajstić information content (AvgIpc) is 2.25. The van der Waals surface area contributed by atoms with E-state index in [1.807, 2.05) is 6.92 Å². The van der Waals surface area contributed by atoms with Gasteiger partial charge in [-0.15, -0.1) is 0 Å². The normalized spacial score (nSPS) is 12.2. The summed E-state index contributed by atoms with van der Waals surface area (Å²) in [6.07, 6.45) is 0. The number of nitrogens with one attached hydrogen (secondary N) is 1. The zero-order valence-electron chi connectivity index (χ0n) is 8.79. The highest BCUT2D eigenvalue weighted by molar-refractivity contribution is 5.71. The van der Waals surface area contributed by atoms with Crippen LogP contribution < -0.4 is 5.32 Å². The van der Waals surface area contributed by atoms with Crippen LogP contribution in [0.2, 0.25) is 0 Å². The zero-order chi connectivity index (χ0) is 11.3. The maximum Gasteiger partial charge on any atom is 0.319 e. The number of carbonyl (C=O) groups excluding carboxylic acids is 1. The van der Waals surface area contributed by atoms with Crippen molar-refractivity contribution < 1.29 is 13.9 Å². The number of rotatable bonds is 4. The summed E-state index contributed by atoms with van der Waals surface area (Å²) in [6, 6.07) is 6.18. The van der Waals surface area contributed by atoms with E-state index in [9.17, 15) is 9.18 Å². The van der Waals surface area contributed by atoms with E-state index in [4.69, 9.17) is 0 Å². The van der Waals surface area contributed by atoms with Crippen LogP contribution in [0, 0.1) is 5.82 Å². The van der Waals surface area contributed by atoms with Crippen molar-refractivity contribution in [1.82, 2.24) is 5.32 Å². The van der Waals surface area contributed by atoms with Crippen molar-refractivity contribution in [3.63, 3.8) is 0 Å². The molecule has 0 bridgehead atoms. The zero-order valence-corrected chi connectivity index (χ0v) is 8.79. The van der Waals surface area contributed by atoms with Gasteiger partial charge in [-0.1, -0.05) is 12.1 Å². The molecule has 4 heteroatoms. The molecule has 0 amide bonds. The molecule has 0 aliphatic heterocycles. The molecular formula is C11H14FNO2. The van der Waals surface area contributed by atoms with Crippen LogP contribution in [0.25, 0.3) is 0 Å². The Morgan fingerprint density at radius 1 is 1.60 bits per heavy atom.